The van der Waals surface area contributed by atoms with E-state index in [0.29, 0.717) is 0 Å². The third-order valence-corrected chi connectivity index (χ3v) is 3.16. The van der Waals surface area contributed by atoms with Crippen molar-refractivity contribution in [2.24, 2.45) is 0 Å². The summed E-state index contributed by atoms with van der Waals surface area (Å²) < 4.78 is 0. The second kappa shape index (κ2) is 4.35. The van der Waals surface area contributed by atoms with Gasteiger partial charge in [-0.25, -0.2) is 9.99 Å². The summed E-state index contributed by atoms with van der Waals surface area (Å²) >= 11 is 0. The standard InChI is InChI=1S/C12H17N5/c1-16-6-8-17(9-7-16)15-12-13-10-4-2-3-5-11(10)14-12/h2-5H,6-9H2,1H3,(H2,13,14,15). The topological polar surface area (TPSA) is 47.2 Å². The molecule has 0 atom stereocenters. The van der Waals surface area contributed by atoms with Crippen LogP contribution < -0.4 is 5.43 Å². The number of imidazole rings is 1. The zero-order valence-corrected chi connectivity index (χ0v) is 9.98. The van der Waals surface area contributed by atoms with E-state index in [1.807, 2.05) is 24.3 Å². The molecule has 0 aliphatic carbocycles. The molecule has 2 N–H and O–H groups in total. The van der Waals surface area contributed by atoms with Crippen LogP contribution in [0.15, 0.2) is 24.3 Å². The molecule has 5 nitrogen and oxygen atoms in total. The molecule has 2 aromatic rings. The molecule has 0 spiro atoms. The van der Waals surface area contributed by atoms with E-state index < -0.39 is 0 Å². The number of aromatic amines is 1. The van der Waals surface area contributed by atoms with Gasteiger partial charge < -0.3 is 9.88 Å². The summed E-state index contributed by atoms with van der Waals surface area (Å²) in [5.41, 5.74) is 5.41. The summed E-state index contributed by atoms with van der Waals surface area (Å²) in [6, 6.07) is 8.07. The summed E-state index contributed by atoms with van der Waals surface area (Å²) in [5.74, 6) is 0.829. The van der Waals surface area contributed by atoms with Crippen LogP contribution in [0.3, 0.4) is 0 Å². The molecule has 2 heterocycles. The number of benzene rings is 1. The van der Waals surface area contributed by atoms with Crippen LogP contribution in [0.4, 0.5) is 5.95 Å². The Morgan fingerprint density at radius 3 is 2.71 bits per heavy atom. The molecular formula is C12H17N5. The van der Waals surface area contributed by atoms with Crippen LogP contribution in [0.2, 0.25) is 0 Å². The van der Waals surface area contributed by atoms with Gasteiger partial charge in [-0.2, -0.15) is 0 Å². The van der Waals surface area contributed by atoms with Crippen molar-refractivity contribution in [3.05, 3.63) is 24.3 Å². The molecule has 0 saturated carbocycles. The Morgan fingerprint density at radius 2 is 1.94 bits per heavy atom. The zero-order chi connectivity index (χ0) is 11.7. The van der Waals surface area contributed by atoms with Crippen molar-refractivity contribution in [1.82, 2.24) is 19.9 Å². The third-order valence-electron chi connectivity index (χ3n) is 3.16. The number of aromatic nitrogens is 2. The quantitative estimate of drug-likeness (QED) is 0.813. The normalized spacial score (nSPS) is 18.6. The average Bonchev–Trinajstić information content (AvgIpc) is 2.74. The number of hydrogen-bond acceptors (Lipinski definition) is 4. The van der Waals surface area contributed by atoms with Crippen LogP contribution in [0, 0.1) is 0 Å². The maximum Gasteiger partial charge on any atom is 0.216 e. The van der Waals surface area contributed by atoms with E-state index in [1.54, 1.807) is 0 Å². The third kappa shape index (κ3) is 2.25. The summed E-state index contributed by atoms with van der Waals surface area (Å²) in [6.07, 6.45) is 0. The monoisotopic (exact) mass is 231 g/mol. The minimum Gasteiger partial charge on any atom is -0.323 e. The molecule has 0 amide bonds. The van der Waals surface area contributed by atoms with Crippen LogP contribution >= 0.6 is 0 Å². The lowest BCUT2D eigenvalue weighted by Crippen LogP contribution is -2.47. The number of nitrogens with zero attached hydrogens (tertiary/aromatic N) is 3. The number of piperazine rings is 1. The maximum atomic E-state index is 4.50. The number of hydrogen-bond donors (Lipinski definition) is 2. The summed E-state index contributed by atoms with van der Waals surface area (Å²) in [6.45, 7) is 4.22. The SMILES string of the molecule is CN1CCN(Nc2nc3ccccc3[nH]2)CC1. The van der Waals surface area contributed by atoms with Crippen molar-refractivity contribution >= 4 is 17.0 Å². The molecular weight excluding hydrogens is 214 g/mol. The number of fused-ring (bicyclic) bond motifs is 1. The minimum absolute atomic E-state index is 0.829. The van der Waals surface area contributed by atoms with Gasteiger partial charge in [-0.15, -0.1) is 0 Å². The summed E-state index contributed by atoms with van der Waals surface area (Å²) in [4.78, 5) is 10.1. The zero-order valence-electron chi connectivity index (χ0n) is 9.98. The van der Waals surface area contributed by atoms with Gasteiger partial charge in [0, 0.05) is 26.2 Å². The lowest BCUT2D eigenvalue weighted by Gasteiger charge is -2.32. The van der Waals surface area contributed by atoms with Crippen molar-refractivity contribution in [2.45, 2.75) is 0 Å². The Balaban J connectivity index is 1.72. The van der Waals surface area contributed by atoms with Gasteiger partial charge in [0.1, 0.15) is 0 Å². The Hall–Kier alpha value is -1.59. The fourth-order valence-corrected chi connectivity index (χ4v) is 2.07. The Kier molecular flexibility index (Phi) is 2.70. The molecule has 17 heavy (non-hydrogen) atoms. The van der Waals surface area contributed by atoms with Crippen molar-refractivity contribution in [2.75, 3.05) is 38.7 Å². The van der Waals surface area contributed by atoms with Crippen LogP contribution in [-0.4, -0.2) is 53.1 Å². The fraction of sp³-hybridized carbons (Fsp3) is 0.417. The molecule has 1 aliphatic rings. The highest BCUT2D eigenvalue weighted by molar-refractivity contribution is 5.77. The maximum absolute atomic E-state index is 4.50. The molecule has 0 radical (unpaired) electrons. The predicted molar refractivity (Wildman–Crippen MR) is 68.8 cm³/mol. The molecule has 3 rings (SSSR count). The van der Waals surface area contributed by atoms with Gasteiger partial charge in [-0.3, -0.25) is 5.43 Å². The molecule has 5 heteroatoms. The van der Waals surface area contributed by atoms with Gasteiger partial charge in [-0.1, -0.05) is 12.1 Å². The lowest BCUT2D eigenvalue weighted by atomic mass is 10.3. The van der Waals surface area contributed by atoms with E-state index >= 15 is 0 Å². The number of likely N-dealkylation sites (N-methyl/N-ethyl adjacent to an activating group) is 1. The van der Waals surface area contributed by atoms with Crippen molar-refractivity contribution in [3.8, 4) is 0 Å². The number of H-pyrrole nitrogens is 1. The fourth-order valence-electron chi connectivity index (χ4n) is 2.07. The van der Waals surface area contributed by atoms with Crippen LogP contribution in [0.25, 0.3) is 11.0 Å². The second-order valence-electron chi connectivity index (χ2n) is 4.50. The predicted octanol–water partition coefficient (Wildman–Crippen LogP) is 1.14. The van der Waals surface area contributed by atoms with Gasteiger partial charge in [0.25, 0.3) is 0 Å². The molecule has 1 aliphatic heterocycles. The molecule has 1 aromatic carbocycles. The molecule has 0 bridgehead atoms. The van der Waals surface area contributed by atoms with Crippen molar-refractivity contribution in [1.29, 1.82) is 0 Å². The first-order chi connectivity index (χ1) is 8.31. The Labute approximate surface area is 100 Å². The Morgan fingerprint density at radius 1 is 1.18 bits per heavy atom. The highest BCUT2D eigenvalue weighted by atomic mass is 15.6. The summed E-state index contributed by atoms with van der Waals surface area (Å²) in [5, 5.41) is 2.21. The largest absolute Gasteiger partial charge is 0.323 e. The molecule has 90 valence electrons. The van der Waals surface area contributed by atoms with Gasteiger partial charge in [0.2, 0.25) is 5.95 Å². The number of para-hydroxylation sites is 2. The van der Waals surface area contributed by atoms with E-state index in [2.05, 4.69) is 32.4 Å². The highest BCUT2D eigenvalue weighted by Gasteiger charge is 2.14. The van der Waals surface area contributed by atoms with E-state index in [-0.39, 0.29) is 0 Å². The van der Waals surface area contributed by atoms with Crippen LogP contribution in [0.1, 0.15) is 0 Å². The summed E-state index contributed by atoms with van der Waals surface area (Å²) in [7, 11) is 2.15. The lowest BCUT2D eigenvalue weighted by molar-refractivity contribution is 0.178. The molecule has 1 saturated heterocycles. The van der Waals surface area contributed by atoms with Gasteiger partial charge >= 0.3 is 0 Å². The highest BCUT2D eigenvalue weighted by Crippen LogP contribution is 2.14. The molecule has 1 fully saturated rings. The number of nitrogens with one attached hydrogen (secondary N) is 2. The number of hydrazine groups is 1. The van der Waals surface area contributed by atoms with Gasteiger partial charge in [0.15, 0.2) is 0 Å². The number of rotatable bonds is 2. The van der Waals surface area contributed by atoms with Gasteiger partial charge in [-0.05, 0) is 19.2 Å². The van der Waals surface area contributed by atoms with Crippen LogP contribution in [-0.2, 0) is 0 Å². The van der Waals surface area contributed by atoms with E-state index in [4.69, 9.17) is 0 Å². The smallest absolute Gasteiger partial charge is 0.216 e. The van der Waals surface area contributed by atoms with Crippen LogP contribution in [0.5, 0.6) is 0 Å². The van der Waals surface area contributed by atoms with E-state index in [1.165, 1.54) is 0 Å². The second-order valence-corrected chi connectivity index (χ2v) is 4.50. The first-order valence-electron chi connectivity index (χ1n) is 5.96. The van der Waals surface area contributed by atoms with E-state index in [9.17, 15) is 0 Å². The Bertz CT molecular complexity index is 465. The average molecular weight is 231 g/mol. The van der Waals surface area contributed by atoms with E-state index in [0.717, 1.165) is 43.2 Å². The van der Waals surface area contributed by atoms with Crippen molar-refractivity contribution < 1.29 is 0 Å². The first kappa shape index (κ1) is 10.6. The minimum atomic E-state index is 0.829. The molecule has 0 unspecified atom stereocenters. The number of anilines is 1. The first-order valence-corrected chi connectivity index (χ1v) is 5.96. The van der Waals surface area contributed by atoms with Gasteiger partial charge in [0.05, 0.1) is 11.0 Å². The molecule has 1 aromatic heterocycles. The van der Waals surface area contributed by atoms with Crippen molar-refractivity contribution in [3.63, 3.8) is 0 Å².